The van der Waals surface area contributed by atoms with Gasteiger partial charge in [-0.2, -0.15) is 0 Å². The number of anilines is 1. The fourth-order valence-electron chi connectivity index (χ4n) is 4.56. The van der Waals surface area contributed by atoms with E-state index in [1.807, 2.05) is 0 Å². The van der Waals surface area contributed by atoms with Crippen LogP contribution in [0.3, 0.4) is 0 Å². The Bertz CT molecular complexity index is 1250. The number of primary amides is 1. The predicted octanol–water partition coefficient (Wildman–Crippen LogP) is 2.03. The van der Waals surface area contributed by atoms with Gasteiger partial charge in [0.2, 0.25) is 17.7 Å². The lowest BCUT2D eigenvalue weighted by atomic mass is 10.0. The average molecular weight is 643 g/mol. The summed E-state index contributed by atoms with van der Waals surface area (Å²) >= 11 is 0. The predicted molar refractivity (Wildman–Crippen MR) is 170 cm³/mol. The van der Waals surface area contributed by atoms with Gasteiger partial charge in [-0.1, -0.05) is 39.3 Å². The summed E-state index contributed by atoms with van der Waals surface area (Å²) in [6.45, 7) is 5.98. The number of hydrogen-bond acceptors (Lipinski definition) is 8. The molecule has 1 aromatic rings. The number of benzene rings is 1. The first kappa shape index (κ1) is 37.4. The third-order valence-electron chi connectivity index (χ3n) is 7.21. The molecule has 2 rings (SSSR count). The zero-order valence-electron chi connectivity index (χ0n) is 26.8. The molecule has 1 heterocycles. The van der Waals surface area contributed by atoms with E-state index in [2.05, 4.69) is 21.3 Å². The zero-order valence-corrected chi connectivity index (χ0v) is 26.8. The van der Waals surface area contributed by atoms with Gasteiger partial charge in [0.25, 0.3) is 11.8 Å². The number of carbonyl (C=O) groups is 7. The van der Waals surface area contributed by atoms with Crippen LogP contribution in [0.15, 0.2) is 36.4 Å². The number of carbonyl (C=O) groups excluding carboxylic acids is 7. The summed E-state index contributed by atoms with van der Waals surface area (Å²) in [7, 11) is 0. The molecule has 0 bridgehead atoms. The van der Waals surface area contributed by atoms with Crippen molar-refractivity contribution in [2.75, 3.05) is 18.4 Å². The van der Waals surface area contributed by atoms with E-state index in [-0.39, 0.29) is 62.0 Å². The van der Waals surface area contributed by atoms with E-state index in [1.54, 1.807) is 45.0 Å². The van der Waals surface area contributed by atoms with E-state index >= 15 is 0 Å². The van der Waals surface area contributed by atoms with E-state index in [9.17, 15) is 33.6 Å². The highest BCUT2D eigenvalue weighted by Crippen LogP contribution is 2.14. The molecule has 14 nitrogen and oxygen atoms in total. The maximum absolute atomic E-state index is 13.4. The van der Waals surface area contributed by atoms with Gasteiger partial charge in [-0.3, -0.25) is 33.7 Å². The summed E-state index contributed by atoms with van der Waals surface area (Å²) in [4.78, 5) is 86.2. The Morgan fingerprint density at radius 2 is 1.54 bits per heavy atom. The van der Waals surface area contributed by atoms with Crippen molar-refractivity contribution in [1.29, 1.82) is 0 Å². The monoisotopic (exact) mass is 642 g/mol. The third kappa shape index (κ3) is 13.5. The van der Waals surface area contributed by atoms with E-state index < -0.39 is 29.9 Å². The Labute approximate surface area is 269 Å². The molecular weight excluding hydrogens is 596 g/mol. The molecule has 0 fully saturated rings. The van der Waals surface area contributed by atoms with Crippen LogP contribution in [0.4, 0.5) is 10.5 Å². The van der Waals surface area contributed by atoms with Crippen LogP contribution in [-0.4, -0.2) is 71.6 Å². The van der Waals surface area contributed by atoms with Crippen molar-refractivity contribution in [3.05, 3.63) is 42.0 Å². The Morgan fingerprint density at radius 1 is 0.870 bits per heavy atom. The molecule has 0 saturated carbocycles. The molecule has 6 N–H and O–H groups in total. The van der Waals surface area contributed by atoms with Crippen LogP contribution >= 0.6 is 0 Å². The van der Waals surface area contributed by atoms with E-state index in [0.29, 0.717) is 44.3 Å². The number of nitrogens with one attached hydrogen (secondary N) is 4. The SMILES string of the molecule is CCC(=O)OCc1ccc(NC(=O)[C@H](CCCCNC(N)=O)NC(=O)C(NC(=O)CCCCCN2C(=O)C=CC2=O)C(C)C)cc1. The fraction of sp³-hybridized carbons (Fsp3) is 0.531. The zero-order chi connectivity index (χ0) is 34.1. The lowest BCUT2D eigenvalue weighted by Crippen LogP contribution is -2.54. The number of unbranched alkanes of at least 4 members (excludes halogenated alkanes) is 3. The molecule has 0 aliphatic carbocycles. The molecule has 14 heteroatoms. The minimum atomic E-state index is -0.935. The number of nitrogens with two attached hydrogens (primary N) is 1. The molecule has 0 saturated heterocycles. The standard InChI is InChI=1S/C32H46N6O8/c1-4-28(42)46-20-22-12-14-23(15-13-22)35-30(43)24(10-7-8-18-34-32(33)45)36-31(44)29(21(2)3)37-25(39)11-6-5-9-19-38-26(40)16-17-27(38)41/h12-17,21,24,29H,4-11,18-20H2,1-3H3,(H,35,43)(H,36,44)(H,37,39)(H3,33,34,45)/t24-,29?/m0/s1. The molecule has 0 radical (unpaired) electrons. The van der Waals surface area contributed by atoms with Gasteiger partial charge in [-0.05, 0) is 55.7 Å². The number of urea groups is 1. The number of rotatable bonds is 20. The van der Waals surface area contributed by atoms with Gasteiger partial charge >= 0.3 is 12.0 Å². The fourth-order valence-corrected chi connectivity index (χ4v) is 4.56. The first-order chi connectivity index (χ1) is 21.9. The Kier molecular flexibility index (Phi) is 15.9. The van der Waals surface area contributed by atoms with Crippen LogP contribution in [0.2, 0.25) is 0 Å². The van der Waals surface area contributed by atoms with Crippen molar-refractivity contribution in [2.24, 2.45) is 11.7 Å². The molecule has 2 atom stereocenters. The second-order valence-corrected chi connectivity index (χ2v) is 11.3. The minimum Gasteiger partial charge on any atom is -0.461 e. The second-order valence-electron chi connectivity index (χ2n) is 11.3. The first-order valence-electron chi connectivity index (χ1n) is 15.6. The van der Waals surface area contributed by atoms with Crippen molar-refractivity contribution in [1.82, 2.24) is 20.9 Å². The van der Waals surface area contributed by atoms with Crippen molar-refractivity contribution >= 4 is 47.2 Å². The highest BCUT2D eigenvalue weighted by Gasteiger charge is 2.29. The highest BCUT2D eigenvalue weighted by atomic mass is 16.5. The first-order valence-corrected chi connectivity index (χ1v) is 15.6. The summed E-state index contributed by atoms with van der Waals surface area (Å²) in [5.74, 6) is -2.57. The van der Waals surface area contributed by atoms with Crippen molar-refractivity contribution in [3.8, 4) is 0 Å². The smallest absolute Gasteiger partial charge is 0.312 e. The average Bonchev–Trinajstić information content (AvgIpc) is 3.34. The number of nitrogens with zero attached hydrogens (tertiary/aromatic N) is 1. The van der Waals surface area contributed by atoms with E-state index in [0.717, 1.165) is 10.5 Å². The van der Waals surface area contributed by atoms with Gasteiger partial charge in [0.05, 0.1) is 0 Å². The summed E-state index contributed by atoms with van der Waals surface area (Å²) in [5.41, 5.74) is 6.34. The molecule has 1 unspecified atom stereocenters. The van der Waals surface area contributed by atoms with Gasteiger partial charge in [-0.15, -0.1) is 0 Å². The van der Waals surface area contributed by atoms with Gasteiger partial charge in [0.15, 0.2) is 0 Å². The van der Waals surface area contributed by atoms with Crippen molar-refractivity contribution in [2.45, 2.75) is 90.8 Å². The summed E-state index contributed by atoms with van der Waals surface area (Å²) < 4.78 is 5.12. The van der Waals surface area contributed by atoms with Crippen LogP contribution in [-0.2, 0) is 40.1 Å². The molecule has 46 heavy (non-hydrogen) atoms. The van der Waals surface area contributed by atoms with Gasteiger partial charge in [0, 0.05) is 43.8 Å². The Morgan fingerprint density at radius 3 is 2.15 bits per heavy atom. The van der Waals surface area contributed by atoms with E-state index in [4.69, 9.17) is 10.5 Å². The van der Waals surface area contributed by atoms with Crippen LogP contribution < -0.4 is 27.0 Å². The number of amides is 7. The van der Waals surface area contributed by atoms with Gasteiger partial charge in [-0.25, -0.2) is 4.79 Å². The molecule has 1 aromatic carbocycles. The highest BCUT2D eigenvalue weighted by molar-refractivity contribution is 6.12. The van der Waals surface area contributed by atoms with Crippen molar-refractivity contribution in [3.63, 3.8) is 0 Å². The Balaban J connectivity index is 1.95. The van der Waals surface area contributed by atoms with Crippen LogP contribution in [0.1, 0.15) is 77.7 Å². The normalized spacial score (nSPS) is 13.7. The molecule has 7 amide bonds. The maximum Gasteiger partial charge on any atom is 0.312 e. The number of hydrogen-bond donors (Lipinski definition) is 5. The van der Waals surface area contributed by atoms with Crippen molar-refractivity contribution < 1.29 is 38.3 Å². The van der Waals surface area contributed by atoms with Gasteiger partial charge in [0.1, 0.15) is 18.7 Å². The summed E-state index contributed by atoms with van der Waals surface area (Å²) in [6, 6.07) is 4.28. The van der Waals surface area contributed by atoms with E-state index in [1.165, 1.54) is 12.2 Å². The quantitative estimate of drug-likeness (QED) is 0.0806. The second kappa shape index (κ2) is 19.6. The number of ether oxygens (including phenoxy) is 1. The van der Waals surface area contributed by atoms with Crippen LogP contribution in [0, 0.1) is 5.92 Å². The lowest BCUT2D eigenvalue weighted by Gasteiger charge is -2.25. The largest absolute Gasteiger partial charge is 0.461 e. The molecular formula is C32H46N6O8. The topological polar surface area (TPSA) is 206 Å². The van der Waals surface area contributed by atoms with Crippen LogP contribution in [0.25, 0.3) is 0 Å². The summed E-state index contributed by atoms with van der Waals surface area (Å²) in [5, 5.41) is 10.8. The molecule has 1 aliphatic heterocycles. The van der Waals surface area contributed by atoms with Gasteiger partial charge < -0.3 is 31.7 Å². The third-order valence-corrected chi connectivity index (χ3v) is 7.21. The summed E-state index contributed by atoms with van der Waals surface area (Å²) in [6.07, 6.45) is 5.84. The lowest BCUT2D eigenvalue weighted by molar-refractivity contribution is -0.144. The van der Waals surface area contributed by atoms with Crippen LogP contribution in [0.5, 0.6) is 0 Å². The molecule has 0 spiro atoms. The number of esters is 1. The number of imide groups is 1. The molecule has 252 valence electrons. The maximum atomic E-state index is 13.4. The molecule has 1 aliphatic rings. The minimum absolute atomic E-state index is 0.111. The molecule has 0 aromatic heterocycles. The Hall–Kier alpha value is -4.75.